The number of hydrogen-bond acceptors (Lipinski definition) is 4. The zero-order valence-corrected chi connectivity index (χ0v) is 14.0. The number of aromatic nitrogens is 3. The van der Waals surface area contributed by atoms with Gasteiger partial charge >= 0.3 is 0 Å². The van der Waals surface area contributed by atoms with Gasteiger partial charge in [0.05, 0.1) is 5.39 Å². The van der Waals surface area contributed by atoms with Gasteiger partial charge in [0.2, 0.25) is 5.95 Å². The van der Waals surface area contributed by atoms with E-state index in [1.807, 2.05) is 12.3 Å². The first-order valence-corrected chi connectivity index (χ1v) is 8.09. The largest absolute Gasteiger partial charge is 0.369 e. The molecule has 5 N–H and O–H groups in total. The number of H-pyrrole nitrogens is 2. The zero-order chi connectivity index (χ0) is 17.2. The van der Waals surface area contributed by atoms with Crippen LogP contribution >= 0.6 is 0 Å². The third kappa shape index (κ3) is 3.33. The first kappa shape index (κ1) is 16.3. The molecule has 6 nitrogen and oxygen atoms in total. The van der Waals surface area contributed by atoms with Gasteiger partial charge in [0.25, 0.3) is 5.56 Å². The summed E-state index contributed by atoms with van der Waals surface area (Å²) in [6.07, 6.45) is 2.81. The van der Waals surface area contributed by atoms with Crippen molar-refractivity contribution in [1.29, 1.82) is 0 Å². The van der Waals surface area contributed by atoms with Crippen molar-refractivity contribution in [3.63, 3.8) is 0 Å². The number of nitrogens with zero attached hydrogens (tertiary/aromatic N) is 1. The highest BCUT2D eigenvalue weighted by Gasteiger charge is 2.19. The fourth-order valence-electron chi connectivity index (χ4n) is 2.92. The van der Waals surface area contributed by atoms with Gasteiger partial charge in [-0.1, -0.05) is 44.2 Å². The Bertz CT molecular complexity index is 879. The number of anilines is 1. The lowest BCUT2D eigenvalue weighted by Gasteiger charge is -2.25. The zero-order valence-electron chi connectivity index (χ0n) is 14.0. The van der Waals surface area contributed by atoms with E-state index < -0.39 is 0 Å². The fourth-order valence-corrected chi connectivity index (χ4v) is 2.92. The van der Waals surface area contributed by atoms with Crippen LogP contribution in [0.2, 0.25) is 0 Å². The summed E-state index contributed by atoms with van der Waals surface area (Å²) in [4.78, 5) is 21.7. The molecule has 1 aromatic carbocycles. The summed E-state index contributed by atoms with van der Waals surface area (Å²) in [5.41, 5.74) is 8.20. The fraction of sp³-hybridized carbons (Fsp3) is 0.333. The number of nitrogens with one attached hydrogen (secondary N) is 3. The van der Waals surface area contributed by atoms with Crippen molar-refractivity contribution in [2.75, 3.05) is 12.3 Å². The molecule has 3 rings (SSSR count). The van der Waals surface area contributed by atoms with Crippen molar-refractivity contribution in [2.24, 2.45) is 0 Å². The van der Waals surface area contributed by atoms with E-state index in [0.717, 1.165) is 18.5 Å². The van der Waals surface area contributed by atoms with E-state index in [-0.39, 0.29) is 16.9 Å². The molecule has 3 aromatic rings. The number of fused-ring (bicyclic) bond motifs is 1. The van der Waals surface area contributed by atoms with Crippen LogP contribution in [0.4, 0.5) is 5.95 Å². The van der Waals surface area contributed by atoms with Crippen molar-refractivity contribution in [1.82, 2.24) is 20.3 Å². The van der Waals surface area contributed by atoms with Gasteiger partial charge in [-0.15, -0.1) is 0 Å². The van der Waals surface area contributed by atoms with Crippen LogP contribution in [-0.4, -0.2) is 21.5 Å². The van der Waals surface area contributed by atoms with Crippen LogP contribution in [0.1, 0.15) is 31.4 Å². The number of aromatic amines is 2. The van der Waals surface area contributed by atoms with Crippen molar-refractivity contribution >= 4 is 17.0 Å². The molecule has 0 saturated carbocycles. The molecule has 0 saturated heterocycles. The molecule has 0 fully saturated rings. The predicted molar refractivity (Wildman–Crippen MR) is 96.9 cm³/mol. The highest BCUT2D eigenvalue weighted by molar-refractivity contribution is 5.79. The summed E-state index contributed by atoms with van der Waals surface area (Å²) >= 11 is 0. The maximum absolute atomic E-state index is 12.0. The lowest BCUT2D eigenvalue weighted by molar-refractivity contribution is 0.457. The molecule has 0 aliphatic heterocycles. The van der Waals surface area contributed by atoms with Gasteiger partial charge in [-0.25, -0.2) is 0 Å². The standard InChI is InChI=1S/C18H23N5O/c1-18(2,13-6-4-3-5-7-13)8-9-20-10-12-11-21-15-14(12)16(24)23-17(19)22-15/h3-7,11,20H,8-10H2,1-2H3,(H4,19,21,22,23,24). The van der Waals surface area contributed by atoms with Gasteiger partial charge < -0.3 is 16.0 Å². The molecule has 0 amide bonds. The van der Waals surface area contributed by atoms with Crippen LogP contribution in [-0.2, 0) is 12.0 Å². The third-order valence-electron chi connectivity index (χ3n) is 4.44. The van der Waals surface area contributed by atoms with Crippen molar-refractivity contribution in [3.8, 4) is 0 Å². The summed E-state index contributed by atoms with van der Waals surface area (Å²) < 4.78 is 0. The van der Waals surface area contributed by atoms with Gasteiger partial charge in [0.1, 0.15) is 5.65 Å². The number of nitrogens with two attached hydrogens (primary N) is 1. The van der Waals surface area contributed by atoms with Crippen molar-refractivity contribution < 1.29 is 0 Å². The molecule has 2 heterocycles. The summed E-state index contributed by atoms with van der Waals surface area (Å²) in [5.74, 6) is 0.124. The SMILES string of the molecule is CC(C)(CCNCc1c[nH]c2nc(N)[nH]c(=O)c12)c1ccccc1. The van der Waals surface area contributed by atoms with Crippen LogP contribution in [0.25, 0.3) is 11.0 Å². The summed E-state index contributed by atoms with van der Waals surface area (Å²) in [5, 5.41) is 3.98. The lowest BCUT2D eigenvalue weighted by atomic mass is 9.81. The topological polar surface area (TPSA) is 99.6 Å². The average Bonchev–Trinajstić information content (AvgIpc) is 2.95. The highest BCUT2D eigenvalue weighted by Crippen LogP contribution is 2.26. The van der Waals surface area contributed by atoms with Gasteiger partial charge in [0.15, 0.2) is 0 Å². The molecular formula is C18H23N5O. The molecule has 0 unspecified atom stereocenters. The lowest BCUT2D eigenvalue weighted by Crippen LogP contribution is -2.25. The maximum Gasteiger partial charge on any atom is 0.262 e. The minimum absolute atomic E-state index is 0.0992. The van der Waals surface area contributed by atoms with Crippen LogP contribution in [0.15, 0.2) is 41.3 Å². The molecular weight excluding hydrogens is 302 g/mol. The Morgan fingerprint density at radius 3 is 2.75 bits per heavy atom. The second-order valence-corrected chi connectivity index (χ2v) is 6.67. The smallest absolute Gasteiger partial charge is 0.262 e. The van der Waals surface area contributed by atoms with E-state index in [1.165, 1.54) is 5.56 Å². The predicted octanol–water partition coefficient (Wildman–Crippen LogP) is 2.29. The molecule has 2 aromatic heterocycles. The highest BCUT2D eigenvalue weighted by atomic mass is 16.1. The molecule has 0 atom stereocenters. The van der Waals surface area contributed by atoms with Crippen molar-refractivity contribution in [2.45, 2.75) is 32.2 Å². The number of nitrogen functional groups attached to an aromatic ring is 1. The quantitative estimate of drug-likeness (QED) is 0.522. The molecule has 0 spiro atoms. The van der Waals surface area contributed by atoms with E-state index in [9.17, 15) is 4.79 Å². The second kappa shape index (κ2) is 6.49. The Balaban J connectivity index is 1.62. The second-order valence-electron chi connectivity index (χ2n) is 6.67. The number of benzene rings is 1. The minimum atomic E-state index is -0.208. The maximum atomic E-state index is 12.0. The van der Waals surface area contributed by atoms with Crippen LogP contribution < -0.4 is 16.6 Å². The summed E-state index contributed by atoms with van der Waals surface area (Å²) in [6.45, 7) is 5.95. The Hall–Kier alpha value is -2.60. The number of rotatable bonds is 6. The van der Waals surface area contributed by atoms with Gasteiger partial charge in [-0.2, -0.15) is 4.98 Å². The Morgan fingerprint density at radius 2 is 2.00 bits per heavy atom. The Labute approximate surface area is 140 Å². The van der Waals surface area contributed by atoms with E-state index in [4.69, 9.17) is 5.73 Å². The van der Waals surface area contributed by atoms with E-state index in [0.29, 0.717) is 17.6 Å². The van der Waals surface area contributed by atoms with Gasteiger partial charge in [0, 0.05) is 12.7 Å². The molecule has 0 radical (unpaired) electrons. The molecule has 0 bridgehead atoms. The van der Waals surface area contributed by atoms with E-state index >= 15 is 0 Å². The third-order valence-corrected chi connectivity index (χ3v) is 4.44. The Morgan fingerprint density at radius 1 is 1.25 bits per heavy atom. The monoisotopic (exact) mass is 325 g/mol. The minimum Gasteiger partial charge on any atom is -0.369 e. The molecule has 0 aliphatic carbocycles. The van der Waals surface area contributed by atoms with Crippen LogP contribution in [0.5, 0.6) is 0 Å². The van der Waals surface area contributed by atoms with Gasteiger partial charge in [-0.05, 0) is 29.5 Å². The molecule has 6 heteroatoms. The van der Waals surface area contributed by atoms with Crippen LogP contribution in [0, 0.1) is 0 Å². The first-order valence-electron chi connectivity index (χ1n) is 8.09. The number of hydrogen-bond donors (Lipinski definition) is 4. The Kier molecular flexibility index (Phi) is 4.40. The summed E-state index contributed by atoms with van der Waals surface area (Å²) in [6, 6.07) is 10.5. The van der Waals surface area contributed by atoms with Gasteiger partial charge in [-0.3, -0.25) is 9.78 Å². The van der Waals surface area contributed by atoms with Crippen molar-refractivity contribution in [3.05, 3.63) is 58.0 Å². The first-order chi connectivity index (χ1) is 11.5. The molecule has 126 valence electrons. The van der Waals surface area contributed by atoms with E-state index in [2.05, 4.69) is 58.4 Å². The molecule has 0 aliphatic rings. The van der Waals surface area contributed by atoms with Crippen LogP contribution in [0.3, 0.4) is 0 Å². The average molecular weight is 325 g/mol. The van der Waals surface area contributed by atoms with E-state index in [1.54, 1.807) is 0 Å². The normalized spacial score (nSPS) is 11.9. The molecule has 24 heavy (non-hydrogen) atoms. The summed E-state index contributed by atoms with van der Waals surface area (Å²) in [7, 11) is 0.